The normalized spacial score (nSPS) is 28.5. The van der Waals surface area contributed by atoms with Gasteiger partial charge in [0.25, 0.3) is 0 Å². The van der Waals surface area contributed by atoms with Crippen LogP contribution in [0.25, 0.3) is 0 Å². The third-order valence-corrected chi connectivity index (χ3v) is 7.13. The molecule has 0 spiro atoms. The first kappa shape index (κ1) is 31.4. The fraction of sp³-hybridized carbons (Fsp3) is 0.962. The largest absolute Gasteiger partial charge is 0.393 e. The first-order valence-corrected chi connectivity index (χ1v) is 12.8. The summed E-state index contributed by atoms with van der Waals surface area (Å²) in [6.07, 6.45) is 2.52. The lowest BCUT2D eigenvalue weighted by Crippen LogP contribution is -2.54. The maximum atomic E-state index is 11.5. The third-order valence-electron chi connectivity index (χ3n) is 7.13. The standard InChI is InChI=1S/C26H51NO7/c1-17-11-20(4)33-24(13-17)34-23(19(3)15-28)10-9-22(29)12-18(2)14-27(7)21(5)25(30)26(6,31)16-32-8/h15,17-25,29-31H,9-14,16H2,1-8H3/t17?,18-,19+,20?,21?,22?,23+,24+,25?,26-/m1/s1. The lowest BCUT2D eigenvalue weighted by Gasteiger charge is -2.38. The lowest BCUT2D eigenvalue weighted by molar-refractivity contribution is -0.227. The number of ether oxygens (including phenoxy) is 3. The zero-order valence-electron chi connectivity index (χ0n) is 22.6. The van der Waals surface area contributed by atoms with E-state index in [-0.39, 0.29) is 43.0 Å². The quantitative estimate of drug-likeness (QED) is 0.284. The minimum atomic E-state index is -1.34. The zero-order chi connectivity index (χ0) is 26.1. The van der Waals surface area contributed by atoms with E-state index in [1.165, 1.54) is 7.11 Å². The van der Waals surface area contributed by atoms with Gasteiger partial charge in [0.15, 0.2) is 6.29 Å². The molecule has 0 aliphatic carbocycles. The Kier molecular flexibility index (Phi) is 13.7. The van der Waals surface area contributed by atoms with E-state index in [1.54, 1.807) is 6.92 Å². The molecule has 3 N–H and O–H groups in total. The first-order valence-electron chi connectivity index (χ1n) is 12.8. The van der Waals surface area contributed by atoms with Crippen LogP contribution < -0.4 is 0 Å². The second-order valence-electron chi connectivity index (χ2n) is 11.1. The van der Waals surface area contributed by atoms with Crippen LogP contribution in [0.4, 0.5) is 0 Å². The predicted octanol–water partition coefficient (Wildman–Crippen LogP) is 2.61. The molecule has 8 heteroatoms. The van der Waals surface area contributed by atoms with Crippen molar-refractivity contribution in [3.63, 3.8) is 0 Å². The molecular weight excluding hydrogens is 438 g/mol. The lowest BCUT2D eigenvalue weighted by atomic mass is 9.92. The van der Waals surface area contributed by atoms with Gasteiger partial charge in [-0.15, -0.1) is 0 Å². The maximum absolute atomic E-state index is 11.5. The Balaban J connectivity index is 2.54. The molecule has 0 aromatic carbocycles. The maximum Gasteiger partial charge on any atom is 0.158 e. The molecule has 1 aliphatic rings. The smallest absolute Gasteiger partial charge is 0.158 e. The third kappa shape index (κ3) is 10.6. The topological polar surface area (TPSA) is 109 Å². The Morgan fingerprint density at radius 1 is 1.18 bits per heavy atom. The fourth-order valence-corrected chi connectivity index (χ4v) is 5.00. The van der Waals surface area contributed by atoms with Crippen molar-refractivity contribution >= 4 is 6.29 Å². The van der Waals surface area contributed by atoms with Crippen molar-refractivity contribution in [2.75, 3.05) is 27.3 Å². The molecule has 5 unspecified atom stereocenters. The molecule has 0 saturated carbocycles. The van der Waals surface area contributed by atoms with Crippen LogP contribution in [0.3, 0.4) is 0 Å². The Hall–Kier alpha value is -0.610. The minimum Gasteiger partial charge on any atom is -0.393 e. The van der Waals surface area contributed by atoms with Crippen LogP contribution in [0.5, 0.6) is 0 Å². The van der Waals surface area contributed by atoms with Crippen LogP contribution in [-0.2, 0) is 19.0 Å². The summed E-state index contributed by atoms with van der Waals surface area (Å²) in [5.41, 5.74) is -1.34. The van der Waals surface area contributed by atoms with Crippen LogP contribution in [-0.4, -0.2) is 96.2 Å². The highest BCUT2D eigenvalue weighted by Gasteiger charge is 2.36. The molecule has 1 fully saturated rings. The Bertz CT molecular complexity index is 565. The summed E-state index contributed by atoms with van der Waals surface area (Å²) >= 11 is 0. The van der Waals surface area contributed by atoms with Gasteiger partial charge in [0, 0.05) is 32.0 Å². The molecule has 34 heavy (non-hydrogen) atoms. The number of aldehydes is 1. The van der Waals surface area contributed by atoms with Crippen molar-refractivity contribution in [2.24, 2.45) is 17.8 Å². The van der Waals surface area contributed by atoms with Gasteiger partial charge in [-0.3, -0.25) is 0 Å². The van der Waals surface area contributed by atoms with Crippen LogP contribution in [0.1, 0.15) is 73.6 Å². The summed E-state index contributed by atoms with van der Waals surface area (Å²) in [4.78, 5) is 13.5. The van der Waals surface area contributed by atoms with Gasteiger partial charge in [-0.25, -0.2) is 0 Å². The van der Waals surface area contributed by atoms with Gasteiger partial charge in [-0.1, -0.05) is 20.8 Å². The number of hydrogen-bond donors (Lipinski definition) is 3. The zero-order valence-corrected chi connectivity index (χ0v) is 22.6. The second kappa shape index (κ2) is 14.8. The molecule has 0 amide bonds. The molecule has 0 bridgehead atoms. The Labute approximate surface area is 207 Å². The molecule has 1 saturated heterocycles. The molecule has 10 atom stereocenters. The second-order valence-corrected chi connectivity index (χ2v) is 11.1. The average Bonchev–Trinajstić information content (AvgIpc) is 2.73. The molecular formula is C26H51NO7. The minimum absolute atomic E-state index is 0.0484. The number of carbonyl (C=O) groups is 1. The van der Waals surface area contributed by atoms with Crippen molar-refractivity contribution in [3.05, 3.63) is 0 Å². The molecule has 0 aromatic rings. The number of aliphatic hydroxyl groups excluding tert-OH is 2. The number of nitrogens with zero attached hydrogens (tertiary/aromatic N) is 1. The van der Waals surface area contributed by atoms with Gasteiger partial charge in [0.1, 0.15) is 11.9 Å². The Morgan fingerprint density at radius 2 is 1.82 bits per heavy atom. The highest BCUT2D eigenvalue weighted by molar-refractivity contribution is 5.53. The van der Waals surface area contributed by atoms with E-state index in [0.717, 1.165) is 19.1 Å². The first-order chi connectivity index (χ1) is 15.8. The van der Waals surface area contributed by atoms with Crippen molar-refractivity contribution in [2.45, 2.75) is 116 Å². The van der Waals surface area contributed by atoms with E-state index >= 15 is 0 Å². The van der Waals surface area contributed by atoms with E-state index in [4.69, 9.17) is 14.2 Å². The van der Waals surface area contributed by atoms with Crippen LogP contribution in [0, 0.1) is 17.8 Å². The number of methoxy groups -OCH3 is 1. The molecule has 1 rings (SSSR count). The highest BCUT2D eigenvalue weighted by atomic mass is 16.7. The van der Waals surface area contributed by atoms with Crippen molar-refractivity contribution in [1.29, 1.82) is 0 Å². The van der Waals surface area contributed by atoms with E-state index < -0.39 is 17.8 Å². The fourth-order valence-electron chi connectivity index (χ4n) is 5.00. The molecule has 202 valence electrons. The van der Waals surface area contributed by atoms with Crippen molar-refractivity contribution in [3.8, 4) is 0 Å². The van der Waals surface area contributed by atoms with E-state index in [1.807, 2.05) is 32.7 Å². The predicted molar refractivity (Wildman–Crippen MR) is 132 cm³/mol. The van der Waals surface area contributed by atoms with Crippen LogP contribution in [0.2, 0.25) is 0 Å². The number of rotatable bonds is 16. The number of aliphatic hydroxyl groups is 3. The molecule has 1 aliphatic heterocycles. The Morgan fingerprint density at radius 3 is 2.38 bits per heavy atom. The SMILES string of the molecule is COC[C@@](C)(O)C(O)C(C)N(C)C[C@H](C)CC(O)CC[C@H](O[C@H]1CC(C)CC(C)O1)[C@@H](C)C=O. The number of likely N-dealkylation sites (N-methyl/N-ethyl adjacent to an activating group) is 1. The molecule has 0 radical (unpaired) electrons. The van der Waals surface area contributed by atoms with E-state index in [0.29, 0.717) is 31.7 Å². The van der Waals surface area contributed by atoms with Crippen LogP contribution in [0.15, 0.2) is 0 Å². The molecule has 1 heterocycles. The summed E-state index contributed by atoms with van der Waals surface area (Å²) in [5.74, 6) is 0.422. The van der Waals surface area contributed by atoms with Gasteiger partial charge < -0.3 is 39.2 Å². The highest BCUT2D eigenvalue weighted by Crippen LogP contribution is 2.28. The monoisotopic (exact) mass is 489 g/mol. The summed E-state index contributed by atoms with van der Waals surface area (Å²) < 4.78 is 17.1. The summed E-state index contributed by atoms with van der Waals surface area (Å²) in [7, 11) is 3.40. The van der Waals surface area contributed by atoms with Crippen molar-refractivity contribution in [1.82, 2.24) is 4.90 Å². The molecule has 8 nitrogen and oxygen atoms in total. The van der Waals surface area contributed by atoms with E-state index in [9.17, 15) is 20.1 Å². The van der Waals surface area contributed by atoms with Crippen LogP contribution >= 0.6 is 0 Å². The van der Waals surface area contributed by atoms with Gasteiger partial charge in [0.2, 0.25) is 0 Å². The average molecular weight is 490 g/mol. The van der Waals surface area contributed by atoms with Gasteiger partial charge in [-0.05, 0) is 65.3 Å². The number of carbonyl (C=O) groups excluding carboxylic acids is 1. The van der Waals surface area contributed by atoms with Crippen molar-refractivity contribution < 1.29 is 34.3 Å². The van der Waals surface area contributed by atoms with Gasteiger partial charge in [0.05, 0.1) is 31.0 Å². The number of hydrogen-bond acceptors (Lipinski definition) is 8. The van der Waals surface area contributed by atoms with Gasteiger partial charge in [-0.2, -0.15) is 0 Å². The summed E-state index contributed by atoms with van der Waals surface area (Å²) in [6, 6.07) is -0.281. The molecule has 0 aromatic heterocycles. The summed E-state index contributed by atoms with van der Waals surface area (Å²) in [6.45, 7) is 12.3. The summed E-state index contributed by atoms with van der Waals surface area (Å²) in [5, 5.41) is 31.7. The van der Waals surface area contributed by atoms with E-state index in [2.05, 4.69) is 13.8 Å². The van der Waals surface area contributed by atoms with Gasteiger partial charge >= 0.3 is 0 Å².